The van der Waals surface area contributed by atoms with Crippen molar-refractivity contribution in [3.8, 4) is 0 Å². The van der Waals surface area contributed by atoms with Crippen molar-refractivity contribution in [2.75, 3.05) is 24.2 Å². The molecule has 1 saturated carbocycles. The Balaban J connectivity index is 1.46. The zero-order chi connectivity index (χ0) is 18.1. The molecule has 1 amide bonds. The van der Waals surface area contributed by atoms with Gasteiger partial charge in [0.05, 0.1) is 12.2 Å². The molecule has 138 valence electrons. The molecule has 0 radical (unpaired) electrons. The van der Waals surface area contributed by atoms with Gasteiger partial charge in [-0.05, 0) is 19.3 Å². The van der Waals surface area contributed by atoms with Crippen LogP contribution in [0.3, 0.4) is 0 Å². The lowest BCUT2D eigenvalue weighted by atomic mass is 9.85. The fraction of sp³-hybridized carbons (Fsp3) is 0.556. The molecule has 0 bridgehead atoms. The molecule has 1 aliphatic heterocycles. The van der Waals surface area contributed by atoms with E-state index in [1.165, 1.54) is 12.8 Å². The van der Waals surface area contributed by atoms with Crippen molar-refractivity contribution in [1.29, 1.82) is 0 Å². The number of nitrogens with one attached hydrogen (secondary N) is 2. The molecule has 2 aromatic rings. The number of nitrogens with zero attached hydrogens (tertiary/aromatic N) is 5. The molecule has 26 heavy (non-hydrogen) atoms. The summed E-state index contributed by atoms with van der Waals surface area (Å²) in [5.41, 5.74) is 1.08. The maximum absolute atomic E-state index is 12.2. The lowest BCUT2D eigenvalue weighted by Gasteiger charge is -2.38. The predicted octanol–water partition coefficient (Wildman–Crippen LogP) is 1.81. The van der Waals surface area contributed by atoms with Gasteiger partial charge in [0.2, 0.25) is 5.91 Å². The average molecular weight is 355 g/mol. The van der Waals surface area contributed by atoms with E-state index < -0.39 is 0 Å². The summed E-state index contributed by atoms with van der Waals surface area (Å²) in [4.78, 5) is 22.7. The highest BCUT2D eigenvalue weighted by Gasteiger charge is 2.35. The summed E-state index contributed by atoms with van der Waals surface area (Å²) in [6, 6.07) is 2.55. The monoisotopic (exact) mass is 355 g/mol. The molecular formula is C18H25N7O. The molecule has 0 aromatic carbocycles. The second-order valence-corrected chi connectivity index (χ2v) is 7.28. The standard InChI is InChI=1S/C18H25N7O/c1-24-10-13(9-22-24)18-12(3-6-17(26)25(18)2)8-19-15-7-16(21-11-20-15)23-14-4-5-14/h7,9-12,14,18H,3-6,8H2,1-2H3,(H2,19,20,21,23)/t12-,18+/m1/s1. The van der Waals surface area contributed by atoms with Crippen molar-refractivity contribution in [3.63, 3.8) is 0 Å². The summed E-state index contributed by atoms with van der Waals surface area (Å²) in [5, 5.41) is 11.1. The lowest BCUT2D eigenvalue weighted by Crippen LogP contribution is -2.42. The Morgan fingerprint density at radius 1 is 1.19 bits per heavy atom. The van der Waals surface area contributed by atoms with Gasteiger partial charge < -0.3 is 15.5 Å². The third-order valence-corrected chi connectivity index (χ3v) is 5.19. The number of anilines is 2. The van der Waals surface area contributed by atoms with Crippen LogP contribution in [0.2, 0.25) is 0 Å². The van der Waals surface area contributed by atoms with Crippen molar-refractivity contribution in [1.82, 2.24) is 24.6 Å². The van der Waals surface area contributed by atoms with Gasteiger partial charge in [0.15, 0.2) is 0 Å². The first kappa shape index (κ1) is 16.8. The van der Waals surface area contributed by atoms with E-state index in [9.17, 15) is 4.79 Å². The number of aromatic nitrogens is 4. The summed E-state index contributed by atoms with van der Waals surface area (Å²) in [6.45, 7) is 0.747. The quantitative estimate of drug-likeness (QED) is 0.822. The van der Waals surface area contributed by atoms with Gasteiger partial charge in [-0.15, -0.1) is 0 Å². The number of likely N-dealkylation sites (tertiary alicyclic amines) is 1. The Morgan fingerprint density at radius 3 is 2.73 bits per heavy atom. The average Bonchev–Trinajstić information content (AvgIpc) is 3.34. The molecule has 2 fully saturated rings. The molecule has 2 N–H and O–H groups in total. The van der Waals surface area contributed by atoms with E-state index in [-0.39, 0.29) is 11.9 Å². The first-order chi connectivity index (χ1) is 12.6. The molecule has 1 saturated heterocycles. The van der Waals surface area contributed by atoms with Crippen LogP contribution in [0.5, 0.6) is 0 Å². The molecule has 8 heteroatoms. The fourth-order valence-corrected chi connectivity index (χ4v) is 3.62. The number of aryl methyl sites for hydroxylation is 1. The first-order valence-corrected chi connectivity index (χ1v) is 9.17. The second-order valence-electron chi connectivity index (χ2n) is 7.28. The first-order valence-electron chi connectivity index (χ1n) is 9.17. The number of carbonyl (C=O) groups excluding carboxylic acids is 1. The minimum absolute atomic E-state index is 0.0309. The fourth-order valence-electron chi connectivity index (χ4n) is 3.62. The number of amides is 1. The van der Waals surface area contributed by atoms with E-state index in [1.807, 2.05) is 37.5 Å². The van der Waals surface area contributed by atoms with Gasteiger partial charge in [0, 0.05) is 56.8 Å². The second kappa shape index (κ2) is 6.93. The van der Waals surface area contributed by atoms with Crippen LogP contribution in [-0.2, 0) is 11.8 Å². The van der Waals surface area contributed by atoms with Gasteiger partial charge in [-0.1, -0.05) is 0 Å². The summed E-state index contributed by atoms with van der Waals surface area (Å²) in [6.07, 6.45) is 9.29. The van der Waals surface area contributed by atoms with E-state index in [4.69, 9.17) is 0 Å². The highest BCUT2D eigenvalue weighted by molar-refractivity contribution is 5.77. The molecule has 2 aliphatic rings. The van der Waals surface area contributed by atoms with Gasteiger partial charge in [0.1, 0.15) is 18.0 Å². The summed E-state index contributed by atoms with van der Waals surface area (Å²) >= 11 is 0. The van der Waals surface area contributed by atoms with Crippen LogP contribution < -0.4 is 10.6 Å². The minimum atomic E-state index is 0.0309. The summed E-state index contributed by atoms with van der Waals surface area (Å²) in [5.74, 6) is 2.17. The maximum atomic E-state index is 12.2. The molecule has 3 heterocycles. The number of hydrogen-bond donors (Lipinski definition) is 2. The Hall–Kier alpha value is -2.64. The summed E-state index contributed by atoms with van der Waals surface area (Å²) < 4.78 is 1.78. The SMILES string of the molecule is CN1C(=O)CC[C@H](CNc2cc(NC3CC3)ncn2)[C@H]1c1cnn(C)c1. The molecular weight excluding hydrogens is 330 g/mol. The van der Waals surface area contributed by atoms with Gasteiger partial charge in [-0.25, -0.2) is 9.97 Å². The van der Waals surface area contributed by atoms with E-state index in [1.54, 1.807) is 11.0 Å². The van der Waals surface area contributed by atoms with Gasteiger partial charge in [0.25, 0.3) is 0 Å². The Labute approximate surface area is 153 Å². The van der Waals surface area contributed by atoms with Crippen molar-refractivity contribution in [3.05, 3.63) is 30.4 Å². The van der Waals surface area contributed by atoms with Gasteiger partial charge in [-0.3, -0.25) is 9.48 Å². The normalized spacial score (nSPS) is 23.2. The third-order valence-electron chi connectivity index (χ3n) is 5.19. The largest absolute Gasteiger partial charge is 0.370 e. The smallest absolute Gasteiger partial charge is 0.222 e. The van der Waals surface area contributed by atoms with Crippen LogP contribution in [0.15, 0.2) is 24.8 Å². The molecule has 1 aliphatic carbocycles. The predicted molar refractivity (Wildman–Crippen MR) is 98.6 cm³/mol. The van der Waals surface area contributed by atoms with E-state index in [0.717, 1.165) is 30.2 Å². The van der Waals surface area contributed by atoms with Crippen molar-refractivity contribution in [2.24, 2.45) is 13.0 Å². The minimum Gasteiger partial charge on any atom is -0.370 e. The zero-order valence-electron chi connectivity index (χ0n) is 15.2. The van der Waals surface area contributed by atoms with Crippen LogP contribution >= 0.6 is 0 Å². The van der Waals surface area contributed by atoms with Gasteiger partial charge in [-0.2, -0.15) is 5.10 Å². The lowest BCUT2D eigenvalue weighted by molar-refractivity contribution is -0.136. The number of rotatable bonds is 6. The Morgan fingerprint density at radius 2 is 2.00 bits per heavy atom. The van der Waals surface area contributed by atoms with E-state index in [0.29, 0.717) is 18.4 Å². The van der Waals surface area contributed by atoms with Crippen molar-refractivity contribution >= 4 is 17.5 Å². The molecule has 0 unspecified atom stereocenters. The molecule has 4 rings (SSSR count). The number of carbonyl (C=O) groups is 1. The number of hydrogen-bond acceptors (Lipinski definition) is 6. The molecule has 0 spiro atoms. The van der Waals surface area contributed by atoms with Crippen molar-refractivity contribution < 1.29 is 4.79 Å². The van der Waals surface area contributed by atoms with Crippen LogP contribution in [0.4, 0.5) is 11.6 Å². The molecule has 2 atom stereocenters. The van der Waals surface area contributed by atoms with Crippen LogP contribution in [0.25, 0.3) is 0 Å². The van der Waals surface area contributed by atoms with Crippen molar-refractivity contribution in [2.45, 2.75) is 37.8 Å². The van der Waals surface area contributed by atoms with E-state index >= 15 is 0 Å². The topological polar surface area (TPSA) is 88.0 Å². The third kappa shape index (κ3) is 3.63. The maximum Gasteiger partial charge on any atom is 0.222 e. The Bertz CT molecular complexity index is 785. The Kier molecular flexibility index (Phi) is 4.48. The van der Waals surface area contributed by atoms with E-state index in [2.05, 4.69) is 25.7 Å². The van der Waals surface area contributed by atoms with Crippen LogP contribution in [0.1, 0.15) is 37.3 Å². The summed E-state index contributed by atoms with van der Waals surface area (Å²) in [7, 11) is 3.78. The molecule has 8 nitrogen and oxygen atoms in total. The zero-order valence-corrected chi connectivity index (χ0v) is 15.2. The number of piperidine rings is 1. The molecule has 2 aromatic heterocycles. The van der Waals surface area contributed by atoms with Gasteiger partial charge >= 0.3 is 0 Å². The highest BCUT2D eigenvalue weighted by Crippen LogP contribution is 2.35. The van der Waals surface area contributed by atoms with Crippen LogP contribution in [0, 0.1) is 5.92 Å². The highest BCUT2D eigenvalue weighted by atomic mass is 16.2. The van der Waals surface area contributed by atoms with Crippen LogP contribution in [-0.4, -0.2) is 50.2 Å².